The van der Waals surface area contributed by atoms with E-state index < -0.39 is 11.6 Å². The Morgan fingerprint density at radius 3 is 2.33 bits per heavy atom. The molecule has 0 aliphatic heterocycles. The van der Waals surface area contributed by atoms with Gasteiger partial charge in [-0.2, -0.15) is 0 Å². The Morgan fingerprint density at radius 2 is 1.83 bits per heavy atom. The Balaban J connectivity index is 2.44. The number of benzene rings is 1. The van der Waals surface area contributed by atoms with Crippen molar-refractivity contribution < 1.29 is 13.6 Å². The van der Waals surface area contributed by atoms with Crippen LogP contribution >= 0.6 is 15.9 Å². The Labute approximate surface area is 114 Å². The van der Waals surface area contributed by atoms with E-state index in [1.807, 2.05) is 13.8 Å². The zero-order valence-electron chi connectivity index (χ0n) is 10.3. The quantitative estimate of drug-likeness (QED) is 0.830. The molecule has 1 unspecified atom stereocenters. The average molecular weight is 320 g/mol. The maximum Gasteiger partial charge on any atom is 0.234 e. The van der Waals surface area contributed by atoms with Gasteiger partial charge in [0.15, 0.2) is 0 Å². The molecule has 0 aliphatic carbocycles. The third-order valence-electron chi connectivity index (χ3n) is 2.47. The molecule has 0 aliphatic rings. The second-order valence-corrected chi connectivity index (χ2v) is 5.45. The molecular formula is C13H16BrF2NO. The lowest BCUT2D eigenvalue weighted by Gasteiger charge is -2.13. The van der Waals surface area contributed by atoms with Crippen LogP contribution in [0.4, 0.5) is 8.78 Å². The van der Waals surface area contributed by atoms with E-state index in [1.54, 1.807) is 0 Å². The molecule has 1 amide bonds. The van der Waals surface area contributed by atoms with Gasteiger partial charge in [-0.25, -0.2) is 8.78 Å². The second kappa shape index (κ2) is 6.83. The maximum absolute atomic E-state index is 12.9. The zero-order chi connectivity index (χ0) is 13.7. The maximum atomic E-state index is 12.9. The summed E-state index contributed by atoms with van der Waals surface area (Å²) in [6, 6.07) is 3.36. The Bertz CT molecular complexity index is 403. The van der Waals surface area contributed by atoms with Crippen LogP contribution in [0, 0.1) is 17.6 Å². The number of alkyl halides is 1. The van der Waals surface area contributed by atoms with Crippen LogP contribution in [0.3, 0.4) is 0 Å². The van der Waals surface area contributed by atoms with Gasteiger partial charge in [0, 0.05) is 12.6 Å². The zero-order valence-corrected chi connectivity index (χ0v) is 11.9. The molecule has 5 heteroatoms. The number of hydrogen-bond acceptors (Lipinski definition) is 1. The molecule has 0 saturated heterocycles. The number of carbonyl (C=O) groups excluding carboxylic acids is 1. The SMILES string of the molecule is CC(C)C(Br)C(=O)NCCc1cc(F)cc(F)c1. The van der Waals surface area contributed by atoms with Crippen LogP contribution in [-0.2, 0) is 11.2 Å². The molecule has 0 saturated carbocycles. The van der Waals surface area contributed by atoms with E-state index in [-0.39, 0.29) is 16.7 Å². The lowest BCUT2D eigenvalue weighted by molar-refractivity contribution is -0.121. The summed E-state index contributed by atoms with van der Waals surface area (Å²) in [6.07, 6.45) is 0.401. The van der Waals surface area contributed by atoms with E-state index >= 15 is 0 Å². The number of nitrogens with one attached hydrogen (secondary N) is 1. The normalized spacial score (nSPS) is 12.6. The molecule has 1 atom stereocenters. The van der Waals surface area contributed by atoms with Crippen LogP contribution in [0.5, 0.6) is 0 Å². The number of halogens is 3. The highest BCUT2D eigenvalue weighted by Crippen LogP contribution is 2.12. The van der Waals surface area contributed by atoms with Gasteiger partial charge < -0.3 is 5.32 Å². The summed E-state index contributed by atoms with van der Waals surface area (Å²) in [7, 11) is 0. The summed E-state index contributed by atoms with van der Waals surface area (Å²) in [5.41, 5.74) is 0.531. The minimum Gasteiger partial charge on any atom is -0.355 e. The van der Waals surface area contributed by atoms with Crippen molar-refractivity contribution in [2.75, 3.05) is 6.54 Å². The summed E-state index contributed by atoms with van der Waals surface area (Å²) < 4.78 is 25.8. The molecule has 2 nitrogen and oxygen atoms in total. The van der Waals surface area contributed by atoms with Gasteiger partial charge in [-0.3, -0.25) is 4.79 Å². The highest BCUT2D eigenvalue weighted by atomic mass is 79.9. The van der Waals surface area contributed by atoms with Crippen LogP contribution in [0.25, 0.3) is 0 Å². The molecule has 18 heavy (non-hydrogen) atoms. The van der Waals surface area contributed by atoms with Gasteiger partial charge in [-0.15, -0.1) is 0 Å². The van der Waals surface area contributed by atoms with E-state index in [0.717, 1.165) is 6.07 Å². The Kier molecular flexibility index (Phi) is 5.72. The van der Waals surface area contributed by atoms with Crippen LogP contribution in [0.2, 0.25) is 0 Å². The van der Waals surface area contributed by atoms with E-state index in [1.165, 1.54) is 12.1 Å². The average Bonchev–Trinajstić information content (AvgIpc) is 2.26. The fraction of sp³-hybridized carbons (Fsp3) is 0.462. The van der Waals surface area contributed by atoms with E-state index in [9.17, 15) is 13.6 Å². The van der Waals surface area contributed by atoms with Crippen molar-refractivity contribution in [3.8, 4) is 0 Å². The molecule has 0 bridgehead atoms. The van der Waals surface area contributed by atoms with Crippen LogP contribution in [0.1, 0.15) is 19.4 Å². The molecule has 0 heterocycles. The van der Waals surface area contributed by atoms with Crippen molar-refractivity contribution in [3.63, 3.8) is 0 Å². The first-order chi connectivity index (χ1) is 8.40. The highest BCUT2D eigenvalue weighted by Gasteiger charge is 2.17. The van der Waals surface area contributed by atoms with Gasteiger partial charge in [-0.1, -0.05) is 29.8 Å². The van der Waals surface area contributed by atoms with Crippen LogP contribution in [-0.4, -0.2) is 17.3 Å². The lowest BCUT2D eigenvalue weighted by atomic mass is 10.1. The van der Waals surface area contributed by atoms with Crippen LogP contribution in [0.15, 0.2) is 18.2 Å². The van der Waals surface area contributed by atoms with Gasteiger partial charge in [0.1, 0.15) is 11.6 Å². The van der Waals surface area contributed by atoms with Gasteiger partial charge in [0.25, 0.3) is 0 Å². The standard InChI is InChI=1S/C13H16BrF2NO/c1-8(2)12(14)13(18)17-4-3-9-5-10(15)7-11(16)6-9/h5-8,12H,3-4H2,1-2H3,(H,17,18). The highest BCUT2D eigenvalue weighted by molar-refractivity contribution is 9.10. The smallest absolute Gasteiger partial charge is 0.234 e. The van der Waals surface area contributed by atoms with E-state index in [0.29, 0.717) is 18.5 Å². The van der Waals surface area contributed by atoms with Crippen molar-refractivity contribution in [1.82, 2.24) is 5.32 Å². The molecule has 0 spiro atoms. The van der Waals surface area contributed by atoms with Gasteiger partial charge >= 0.3 is 0 Å². The number of hydrogen-bond donors (Lipinski definition) is 1. The fourth-order valence-electron chi connectivity index (χ4n) is 1.49. The van der Waals surface area contributed by atoms with Crippen molar-refractivity contribution >= 4 is 21.8 Å². The second-order valence-electron chi connectivity index (χ2n) is 4.46. The Morgan fingerprint density at radius 1 is 1.28 bits per heavy atom. The molecule has 0 radical (unpaired) electrons. The molecule has 1 aromatic rings. The molecule has 100 valence electrons. The number of carbonyl (C=O) groups is 1. The molecule has 1 rings (SSSR count). The predicted octanol–water partition coefficient (Wildman–Crippen LogP) is 3.04. The monoisotopic (exact) mass is 319 g/mol. The number of rotatable bonds is 5. The third-order valence-corrected chi connectivity index (χ3v) is 3.94. The number of amides is 1. The van der Waals surface area contributed by atoms with E-state index in [2.05, 4.69) is 21.2 Å². The van der Waals surface area contributed by atoms with Crippen molar-refractivity contribution in [2.45, 2.75) is 25.1 Å². The van der Waals surface area contributed by atoms with Gasteiger partial charge in [0.2, 0.25) is 5.91 Å². The van der Waals surface area contributed by atoms with Crippen LogP contribution < -0.4 is 5.32 Å². The Hall–Kier alpha value is -0.970. The molecular weight excluding hydrogens is 304 g/mol. The topological polar surface area (TPSA) is 29.1 Å². The summed E-state index contributed by atoms with van der Waals surface area (Å²) in [5.74, 6) is -1.12. The summed E-state index contributed by atoms with van der Waals surface area (Å²) >= 11 is 3.29. The third kappa shape index (κ3) is 4.72. The fourth-order valence-corrected chi connectivity index (χ4v) is 1.65. The summed E-state index contributed by atoms with van der Waals surface area (Å²) in [6.45, 7) is 4.22. The molecule has 1 N–H and O–H groups in total. The van der Waals surface area contributed by atoms with Crippen molar-refractivity contribution in [2.24, 2.45) is 5.92 Å². The first-order valence-corrected chi connectivity index (χ1v) is 6.68. The van der Waals surface area contributed by atoms with Crippen molar-refractivity contribution in [3.05, 3.63) is 35.4 Å². The van der Waals surface area contributed by atoms with Gasteiger partial charge in [-0.05, 0) is 30.0 Å². The molecule has 1 aromatic carbocycles. The predicted molar refractivity (Wildman–Crippen MR) is 70.6 cm³/mol. The van der Waals surface area contributed by atoms with Crippen molar-refractivity contribution in [1.29, 1.82) is 0 Å². The summed E-state index contributed by atoms with van der Waals surface area (Å²) in [5, 5.41) is 2.72. The molecule has 0 aromatic heterocycles. The van der Waals surface area contributed by atoms with Gasteiger partial charge in [0.05, 0.1) is 4.83 Å². The minimum atomic E-state index is -0.600. The molecule has 0 fully saturated rings. The first kappa shape index (κ1) is 15.1. The van der Waals surface area contributed by atoms with E-state index in [4.69, 9.17) is 0 Å². The minimum absolute atomic E-state index is 0.109. The first-order valence-electron chi connectivity index (χ1n) is 5.77. The lowest BCUT2D eigenvalue weighted by Crippen LogP contribution is -2.35. The summed E-state index contributed by atoms with van der Waals surface area (Å²) in [4.78, 5) is 11.4. The largest absolute Gasteiger partial charge is 0.355 e.